The summed E-state index contributed by atoms with van der Waals surface area (Å²) in [7, 11) is 0. The number of nitriles is 1. The van der Waals surface area contributed by atoms with Gasteiger partial charge in [-0.25, -0.2) is 4.39 Å². The van der Waals surface area contributed by atoms with Gasteiger partial charge >= 0.3 is 0 Å². The standard InChI is InChI=1S/C13H8ClFN2O/c14-9-2-1-8(7-16)13(5-9)18-10-3-4-12(17)11(15)6-10/h1-6H,17H2. The lowest BCUT2D eigenvalue weighted by Crippen LogP contribution is -1.93. The lowest BCUT2D eigenvalue weighted by Gasteiger charge is -2.08. The summed E-state index contributed by atoms with van der Waals surface area (Å²) in [4.78, 5) is 0. The van der Waals surface area contributed by atoms with Gasteiger partial charge < -0.3 is 10.5 Å². The van der Waals surface area contributed by atoms with Crippen LogP contribution >= 0.6 is 11.6 Å². The van der Waals surface area contributed by atoms with Crippen molar-refractivity contribution < 1.29 is 9.13 Å². The molecule has 3 nitrogen and oxygen atoms in total. The van der Waals surface area contributed by atoms with Crippen molar-refractivity contribution in [1.29, 1.82) is 5.26 Å². The van der Waals surface area contributed by atoms with Gasteiger partial charge in [-0.05, 0) is 24.3 Å². The number of nitrogen functional groups attached to an aromatic ring is 1. The minimum atomic E-state index is -0.576. The molecule has 2 N–H and O–H groups in total. The van der Waals surface area contributed by atoms with E-state index in [-0.39, 0.29) is 17.2 Å². The first kappa shape index (κ1) is 12.2. The highest BCUT2D eigenvalue weighted by molar-refractivity contribution is 6.30. The molecule has 0 aromatic heterocycles. The zero-order valence-electron chi connectivity index (χ0n) is 9.15. The number of ether oxygens (including phenoxy) is 1. The second kappa shape index (κ2) is 4.94. The first-order valence-corrected chi connectivity index (χ1v) is 5.40. The highest BCUT2D eigenvalue weighted by Gasteiger charge is 2.07. The molecule has 0 fully saturated rings. The Balaban J connectivity index is 2.36. The van der Waals surface area contributed by atoms with Crippen LogP contribution in [0, 0.1) is 17.1 Å². The summed E-state index contributed by atoms with van der Waals surface area (Å²) in [5, 5.41) is 9.35. The molecule has 0 heterocycles. The van der Waals surface area contributed by atoms with E-state index in [4.69, 9.17) is 27.3 Å². The minimum Gasteiger partial charge on any atom is -0.456 e. The van der Waals surface area contributed by atoms with Crippen molar-refractivity contribution in [3.63, 3.8) is 0 Å². The van der Waals surface area contributed by atoms with E-state index in [2.05, 4.69) is 0 Å². The van der Waals surface area contributed by atoms with Crippen LogP contribution in [-0.2, 0) is 0 Å². The van der Waals surface area contributed by atoms with Gasteiger partial charge in [0.05, 0.1) is 11.3 Å². The number of nitrogens with two attached hydrogens (primary N) is 1. The second-order valence-corrected chi connectivity index (χ2v) is 3.97. The molecule has 0 radical (unpaired) electrons. The molecule has 2 rings (SSSR count). The molecule has 0 saturated heterocycles. The van der Waals surface area contributed by atoms with E-state index >= 15 is 0 Å². The van der Waals surface area contributed by atoms with Crippen molar-refractivity contribution in [3.8, 4) is 17.6 Å². The second-order valence-electron chi connectivity index (χ2n) is 3.54. The van der Waals surface area contributed by atoms with Gasteiger partial charge in [0.1, 0.15) is 23.4 Å². The molecular weight excluding hydrogens is 255 g/mol. The van der Waals surface area contributed by atoms with Gasteiger partial charge in [-0.3, -0.25) is 0 Å². The molecule has 18 heavy (non-hydrogen) atoms. The fourth-order valence-electron chi connectivity index (χ4n) is 1.37. The molecule has 0 amide bonds. The number of nitrogens with zero attached hydrogens (tertiary/aromatic N) is 1. The third kappa shape index (κ3) is 2.53. The molecule has 2 aromatic carbocycles. The Bertz CT molecular complexity index is 637. The summed E-state index contributed by atoms with van der Waals surface area (Å²) in [6, 6.07) is 10.6. The maximum Gasteiger partial charge on any atom is 0.149 e. The van der Waals surface area contributed by atoms with E-state index in [1.54, 1.807) is 6.07 Å². The SMILES string of the molecule is N#Cc1ccc(Cl)cc1Oc1ccc(N)c(F)c1. The van der Waals surface area contributed by atoms with Gasteiger partial charge in [0.15, 0.2) is 0 Å². The highest BCUT2D eigenvalue weighted by atomic mass is 35.5. The Morgan fingerprint density at radius 3 is 2.67 bits per heavy atom. The van der Waals surface area contributed by atoms with E-state index in [9.17, 15) is 4.39 Å². The monoisotopic (exact) mass is 262 g/mol. The maximum absolute atomic E-state index is 13.2. The van der Waals surface area contributed by atoms with Crippen LogP contribution in [0.3, 0.4) is 0 Å². The average Bonchev–Trinajstić information content (AvgIpc) is 2.34. The van der Waals surface area contributed by atoms with E-state index in [1.807, 2.05) is 6.07 Å². The molecule has 90 valence electrons. The smallest absolute Gasteiger partial charge is 0.149 e. The van der Waals surface area contributed by atoms with Crippen LogP contribution < -0.4 is 10.5 Å². The number of hydrogen-bond acceptors (Lipinski definition) is 3. The quantitative estimate of drug-likeness (QED) is 0.839. The summed E-state index contributed by atoms with van der Waals surface area (Å²) in [6.45, 7) is 0. The van der Waals surface area contributed by atoms with E-state index in [1.165, 1.54) is 24.3 Å². The molecule has 0 spiro atoms. The van der Waals surface area contributed by atoms with Crippen molar-refractivity contribution >= 4 is 17.3 Å². The van der Waals surface area contributed by atoms with Crippen molar-refractivity contribution in [3.05, 3.63) is 52.8 Å². The number of halogens is 2. The van der Waals surface area contributed by atoms with Crippen molar-refractivity contribution in [2.45, 2.75) is 0 Å². The fourth-order valence-corrected chi connectivity index (χ4v) is 1.53. The van der Waals surface area contributed by atoms with Crippen molar-refractivity contribution in [1.82, 2.24) is 0 Å². The summed E-state index contributed by atoms with van der Waals surface area (Å²) in [6.07, 6.45) is 0. The first-order chi connectivity index (χ1) is 8.60. The van der Waals surface area contributed by atoms with Gasteiger partial charge in [-0.2, -0.15) is 5.26 Å². The number of anilines is 1. The molecule has 0 unspecified atom stereocenters. The minimum absolute atomic E-state index is 0.0361. The molecule has 0 saturated carbocycles. The fraction of sp³-hybridized carbons (Fsp3) is 0. The summed E-state index contributed by atoms with van der Waals surface area (Å²) in [5.74, 6) is -0.0531. The third-order valence-electron chi connectivity index (χ3n) is 2.26. The van der Waals surface area contributed by atoms with Crippen LogP contribution in [0.1, 0.15) is 5.56 Å². The number of rotatable bonds is 2. The Labute approximate surface area is 108 Å². The van der Waals surface area contributed by atoms with Crippen molar-refractivity contribution in [2.75, 3.05) is 5.73 Å². The van der Waals surface area contributed by atoms with Gasteiger partial charge in [-0.1, -0.05) is 11.6 Å². The number of hydrogen-bond donors (Lipinski definition) is 1. The van der Waals surface area contributed by atoms with Crippen LogP contribution in [0.5, 0.6) is 11.5 Å². The van der Waals surface area contributed by atoms with Crippen LogP contribution in [0.4, 0.5) is 10.1 Å². The van der Waals surface area contributed by atoms with Gasteiger partial charge in [0.25, 0.3) is 0 Å². The predicted octanol–water partition coefficient (Wildman–Crippen LogP) is 3.73. The largest absolute Gasteiger partial charge is 0.456 e. The Morgan fingerprint density at radius 1 is 1.22 bits per heavy atom. The first-order valence-electron chi connectivity index (χ1n) is 5.02. The predicted molar refractivity (Wildman–Crippen MR) is 67.1 cm³/mol. The summed E-state index contributed by atoms with van der Waals surface area (Å²) < 4.78 is 18.7. The lowest BCUT2D eigenvalue weighted by atomic mass is 10.2. The molecule has 0 aliphatic heterocycles. The Kier molecular flexibility index (Phi) is 3.35. The van der Waals surface area contributed by atoms with Crippen LogP contribution in [-0.4, -0.2) is 0 Å². The third-order valence-corrected chi connectivity index (χ3v) is 2.50. The van der Waals surface area contributed by atoms with Crippen LogP contribution in [0.25, 0.3) is 0 Å². The molecule has 0 atom stereocenters. The van der Waals surface area contributed by atoms with E-state index in [0.717, 1.165) is 6.07 Å². The Morgan fingerprint density at radius 2 is 2.00 bits per heavy atom. The van der Waals surface area contributed by atoms with Gasteiger partial charge in [0.2, 0.25) is 0 Å². The molecule has 0 aliphatic rings. The topological polar surface area (TPSA) is 59.0 Å². The zero-order chi connectivity index (χ0) is 13.1. The maximum atomic E-state index is 13.2. The van der Waals surface area contributed by atoms with E-state index in [0.29, 0.717) is 10.6 Å². The average molecular weight is 263 g/mol. The normalized spacial score (nSPS) is 9.83. The van der Waals surface area contributed by atoms with E-state index < -0.39 is 5.82 Å². The van der Waals surface area contributed by atoms with Crippen LogP contribution in [0.2, 0.25) is 5.02 Å². The highest BCUT2D eigenvalue weighted by Crippen LogP contribution is 2.29. The molecule has 0 aliphatic carbocycles. The zero-order valence-corrected chi connectivity index (χ0v) is 9.91. The van der Waals surface area contributed by atoms with Gasteiger partial charge in [0, 0.05) is 17.2 Å². The summed E-state index contributed by atoms with van der Waals surface area (Å²) in [5.41, 5.74) is 5.71. The summed E-state index contributed by atoms with van der Waals surface area (Å²) >= 11 is 5.81. The molecular formula is C13H8ClFN2O. The molecule has 5 heteroatoms. The Hall–Kier alpha value is -2.25. The lowest BCUT2D eigenvalue weighted by molar-refractivity contribution is 0.476. The van der Waals surface area contributed by atoms with Crippen molar-refractivity contribution in [2.24, 2.45) is 0 Å². The molecule has 0 bridgehead atoms. The number of benzene rings is 2. The van der Waals surface area contributed by atoms with Crippen LogP contribution in [0.15, 0.2) is 36.4 Å². The molecule has 2 aromatic rings. The van der Waals surface area contributed by atoms with Gasteiger partial charge in [-0.15, -0.1) is 0 Å².